The molecule has 0 N–H and O–H groups in total. The maximum absolute atomic E-state index is 11.9. The average molecular weight is 208 g/mol. The molecule has 0 aromatic rings. The third-order valence-corrected chi connectivity index (χ3v) is 4.49. The maximum atomic E-state index is 11.9. The molecule has 15 heavy (non-hydrogen) atoms. The van der Waals surface area contributed by atoms with Gasteiger partial charge in [0.25, 0.3) is 0 Å². The lowest BCUT2D eigenvalue weighted by Gasteiger charge is -2.05. The summed E-state index contributed by atoms with van der Waals surface area (Å²) >= 11 is 0. The van der Waals surface area contributed by atoms with Gasteiger partial charge in [0.05, 0.1) is 5.92 Å². The summed E-state index contributed by atoms with van der Waals surface area (Å²) in [6, 6.07) is 0. The molecule has 0 spiro atoms. The van der Waals surface area contributed by atoms with Crippen molar-refractivity contribution >= 4 is 5.97 Å². The van der Waals surface area contributed by atoms with Crippen molar-refractivity contribution in [2.75, 3.05) is 0 Å². The minimum absolute atomic E-state index is 0.0295. The Morgan fingerprint density at radius 3 is 2.33 bits per heavy atom. The van der Waals surface area contributed by atoms with Gasteiger partial charge in [0.2, 0.25) is 0 Å². The van der Waals surface area contributed by atoms with E-state index in [9.17, 15) is 4.79 Å². The van der Waals surface area contributed by atoms with Gasteiger partial charge in [-0.2, -0.15) is 0 Å². The van der Waals surface area contributed by atoms with Gasteiger partial charge in [-0.15, -0.1) is 0 Å². The van der Waals surface area contributed by atoms with E-state index in [2.05, 4.69) is 27.7 Å². The minimum Gasteiger partial charge on any atom is -0.431 e. The van der Waals surface area contributed by atoms with E-state index in [1.165, 1.54) is 0 Å². The molecule has 84 valence electrons. The highest BCUT2D eigenvalue weighted by Crippen LogP contribution is 2.68. The number of ether oxygens (including phenoxy) is 1. The fraction of sp³-hybridized carbons (Fsp3) is 0.769. The number of hydrogen-bond acceptors (Lipinski definition) is 2. The molecule has 2 nitrogen and oxygen atoms in total. The van der Waals surface area contributed by atoms with Crippen LogP contribution in [0.3, 0.4) is 0 Å². The standard InChI is InChI=1S/C13H20O2/c1-12(2)10(13(12,3)4)11(14)15-9-7-5-6-8-9/h7,10H,5-6,8H2,1-4H3. The summed E-state index contributed by atoms with van der Waals surface area (Å²) in [5, 5.41) is 0. The molecule has 1 fully saturated rings. The fourth-order valence-electron chi connectivity index (χ4n) is 2.71. The van der Waals surface area contributed by atoms with E-state index in [1.807, 2.05) is 6.08 Å². The first-order valence-corrected chi connectivity index (χ1v) is 5.78. The summed E-state index contributed by atoms with van der Waals surface area (Å²) in [4.78, 5) is 11.9. The first-order valence-electron chi connectivity index (χ1n) is 5.78. The molecule has 0 aromatic carbocycles. The molecule has 0 bridgehead atoms. The second-order valence-corrected chi connectivity index (χ2v) is 5.86. The quantitative estimate of drug-likeness (QED) is 0.651. The molecule has 0 unspecified atom stereocenters. The van der Waals surface area contributed by atoms with Crippen LogP contribution in [-0.4, -0.2) is 5.97 Å². The first kappa shape index (κ1) is 10.7. The Labute approximate surface area is 91.7 Å². The molecular formula is C13H20O2. The Morgan fingerprint density at radius 1 is 1.33 bits per heavy atom. The summed E-state index contributed by atoms with van der Waals surface area (Å²) < 4.78 is 5.43. The molecule has 2 aliphatic rings. The predicted octanol–water partition coefficient (Wildman–Crippen LogP) is 3.28. The molecule has 0 radical (unpaired) electrons. The van der Waals surface area contributed by atoms with Gasteiger partial charge < -0.3 is 4.74 Å². The van der Waals surface area contributed by atoms with Crippen molar-refractivity contribution in [3.8, 4) is 0 Å². The van der Waals surface area contributed by atoms with Crippen LogP contribution in [0.2, 0.25) is 0 Å². The van der Waals surface area contributed by atoms with Crippen LogP contribution in [0, 0.1) is 16.7 Å². The Hall–Kier alpha value is -0.790. The van der Waals surface area contributed by atoms with Crippen molar-refractivity contribution in [2.45, 2.75) is 47.0 Å². The third-order valence-electron chi connectivity index (χ3n) is 4.49. The molecule has 0 amide bonds. The first-order chi connectivity index (χ1) is 6.87. The lowest BCUT2D eigenvalue weighted by Crippen LogP contribution is -2.10. The minimum atomic E-state index is -0.0295. The molecular weight excluding hydrogens is 188 g/mol. The van der Waals surface area contributed by atoms with Crippen molar-refractivity contribution in [1.82, 2.24) is 0 Å². The average Bonchev–Trinajstić information content (AvgIpc) is 2.53. The summed E-state index contributed by atoms with van der Waals surface area (Å²) in [7, 11) is 0. The predicted molar refractivity (Wildman–Crippen MR) is 59.1 cm³/mol. The van der Waals surface area contributed by atoms with Crippen LogP contribution in [0.4, 0.5) is 0 Å². The number of rotatable bonds is 2. The SMILES string of the molecule is CC1(C)C(C(=O)OC2=CCCC2)C1(C)C. The Balaban J connectivity index is 1.99. The zero-order valence-corrected chi connectivity index (χ0v) is 10.1. The van der Waals surface area contributed by atoms with E-state index in [4.69, 9.17) is 4.74 Å². The van der Waals surface area contributed by atoms with Crippen molar-refractivity contribution in [3.05, 3.63) is 11.8 Å². The molecule has 0 saturated heterocycles. The van der Waals surface area contributed by atoms with Crippen molar-refractivity contribution in [1.29, 1.82) is 0 Å². The Bertz CT molecular complexity index is 309. The van der Waals surface area contributed by atoms with Crippen molar-refractivity contribution in [3.63, 3.8) is 0 Å². The summed E-state index contributed by atoms with van der Waals surface area (Å²) in [5.74, 6) is 0.920. The summed E-state index contributed by atoms with van der Waals surface area (Å²) in [6.45, 7) is 8.56. The fourth-order valence-corrected chi connectivity index (χ4v) is 2.71. The van der Waals surface area contributed by atoms with Gasteiger partial charge in [-0.25, -0.2) is 0 Å². The summed E-state index contributed by atoms with van der Waals surface area (Å²) in [5.41, 5.74) is 0.173. The number of esters is 1. The highest BCUT2D eigenvalue weighted by atomic mass is 16.5. The van der Waals surface area contributed by atoms with Gasteiger partial charge in [0.15, 0.2) is 0 Å². The van der Waals surface area contributed by atoms with Crippen LogP contribution < -0.4 is 0 Å². The second kappa shape index (κ2) is 3.10. The molecule has 1 saturated carbocycles. The lowest BCUT2D eigenvalue weighted by molar-refractivity contribution is -0.142. The van der Waals surface area contributed by atoms with Crippen LogP contribution in [0.15, 0.2) is 11.8 Å². The molecule has 0 heterocycles. The Morgan fingerprint density at radius 2 is 1.93 bits per heavy atom. The maximum Gasteiger partial charge on any atom is 0.315 e. The molecule has 0 aromatic heterocycles. The van der Waals surface area contributed by atoms with Gasteiger partial charge >= 0.3 is 5.97 Å². The van der Waals surface area contributed by atoms with Crippen LogP contribution in [0.5, 0.6) is 0 Å². The van der Waals surface area contributed by atoms with E-state index < -0.39 is 0 Å². The molecule has 0 atom stereocenters. The normalized spacial score (nSPS) is 27.3. The highest BCUT2D eigenvalue weighted by Gasteiger charge is 2.69. The van der Waals surface area contributed by atoms with E-state index in [1.54, 1.807) is 0 Å². The van der Waals surface area contributed by atoms with Gasteiger partial charge in [-0.1, -0.05) is 27.7 Å². The van der Waals surface area contributed by atoms with Crippen molar-refractivity contribution in [2.24, 2.45) is 16.7 Å². The van der Waals surface area contributed by atoms with Crippen LogP contribution in [0.1, 0.15) is 47.0 Å². The van der Waals surface area contributed by atoms with E-state index in [0.717, 1.165) is 25.0 Å². The molecule has 2 heteroatoms. The lowest BCUT2D eigenvalue weighted by atomic mass is 10.0. The largest absolute Gasteiger partial charge is 0.431 e. The smallest absolute Gasteiger partial charge is 0.315 e. The highest BCUT2D eigenvalue weighted by molar-refractivity contribution is 5.79. The molecule has 0 aliphatic heterocycles. The third kappa shape index (κ3) is 1.51. The second-order valence-electron chi connectivity index (χ2n) is 5.86. The molecule has 2 rings (SSSR count). The molecule has 2 aliphatic carbocycles. The van der Waals surface area contributed by atoms with Crippen LogP contribution in [-0.2, 0) is 9.53 Å². The number of carbonyl (C=O) groups excluding carboxylic acids is 1. The number of hydrogen-bond donors (Lipinski definition) is 0. The summed E-state index contributed by atoms with van der Waals surface area (Å²) in [6.07, 6.45) is 5.15. The number of allylic oxidation sites excluding steroid dienone is 2. The van der Waals surface area contributed by atoms with Crippen LogP contribution in [0.25, 0.3) is 0 Å². The van der Waals surface area contributed by atoms with E-state index in [-0.39, 0.29) is 22.7 Å². The van der Waals surface area contributed by atoms with Gasteiger partial charge in [0.1, 0.15) is 5.76 Å². The van der Waals surface area contributed by atoms with Gasteiger partial charge in [-0.3, -0.25) is 4.79 Å². The zero-order chi connectivity index (χ0) is 11.3. The van der Waals surface area contributed by atoms with E-state index in [0.29, 0.717) is 0 Å². The Kier molecular flexibility index (Phi) is 2.21. The monoisotopic (exact) mass is 208 g/mol. The number of carbonyl (C=O) groups is 1. The van der Waals surface area contributed by atoms with E-state index >= 15 is 0 Å². The van der Waals surface area contributed by atoms with Gasteiger partial charge in [0, 0.05) is 6.42 Å². The zero-order valence-electron chi connectivity index (χ0n) is 10.1. The van der Waals surface area contributed by atoms with Crippen LogP contribution >= 0.6 is 0 Å². The van der Waals surface area contributed by atoms with Gasteiger partial charge in [-0.05, 0) is 29.7 Å². The topological polar surface area (TPSA) is 26.3 Å². The van der Waals surface area contributed by atoms with Crippen molar-refractivity contribution < 1.29 is 9.53 Å².